The van der Waals surface area contributed by atoms with E-state index in [-0.39, 0.29) is 0 Å². The van der Waals surface area contributed by atoms with Crippen LogP contribution in [0.1, 0.15) is 29.8 Å². The van der Waals surface area contributed by atoms with Crippen LogP contribution < -0.4 is 0 Å². The number of carboxylic acids is 1. The molecule has 1 aromatic rings. The standard InChI is InChI=1S/C11H15NO2S3/c1-11(2,10(13)14)8-6-17-9(12-8)7-5-15-3-4-16-7/h6-7H,3-5H2,1-2H3,(H,13,14). The maximum atomic E-state index is 11.2. The van der Waals surface area contributed by atoms with Gasteiger partial charge in [-0.1, -0.05) is 0 Å². The van der Waals surface area contributed by atoms with Gasteiger partial charge in [-0.15, -0.1) is 23.1 Å². The van der Waals surface area contributed by atoms with Crippen molar-refractivity contribution in [2.24, 2.45) is 0 Å². The summed E-state index contributed by atoms with van der Waals surface area (Å²) in [4.78, 5) is 15.7. The van der Waals surface area contributed by atoms with Crippen molar-refractivity contribution in [3.05, 3.63) is 16.1 Å². The molecule has 3 nitrogen and oxygen atoms in total. The van der Waals surface area contributed by atoms with Gasteiger partial charge in [0.25, 0.3) is 0 Å². The molecule has 0 radical (unpaired) electrons. The lowest BCUT2D eigenvalue weighted by Gasteiger charge is -2.19. The molecule has 1 aliphatic heterocycles. The molecule has 1 aromatic heterocycles. The van der Waals surface area contributed by atoms with E-state index in [0.29, 0.717) is 10.9 Å². The maximum absolute atomic E-state index is 11.2. The van der Waals surface area contributed by atoms with E-state index in [2.05, 4.69) is 4.98 Å². The first kappa shape index (κ1) is 13.2. The largest absolute Gasteiger partial charge is 0.481 e. The lowest BCUT2D eigenvalue weighted by atomic mass is 9.90. The fourth-order valence-electron chi connectivity index (χ4n) is 1.46. The van der Waals surface area contributed by atoms with Gasteiger partial charge in [0, 0.05) is 22.6 Å². The Morgan fingerprint density at radius 1 is 1.53 bits per heavy atom. The number of hydrogen-bond acceptors (Lipinski definition) is 5. The predicted molar refractivity (Wildman–Crippen MR) is 75.3 cm³/mol. The van der Waals surface area contributed by atoms with E-state index in [4.69, 9.17) is 5.11 Å². The van der Waals surface area contributed by atoms with Crippen LogP contribution in [0, 0.1) is 0 Å². The molecule has 1 atom stereocenters. The van der Waals surface area contributed by atoms with Gasteiger partial charge in [0.1, 0.15) is 10.4 Å². The summed E-state index contributed by atoms with van der Waals surface area (Å²) in [5, 5.41) is 12.6. The molecule has 17 heavy (non-hydrogen) atoms. The number of carboxylic acid groups (broad SMARTS) is 1. The number of rotatable bonds is 3. The predicted octanol–water partition coefficient (Wildman–Crippen LogP) is 3.03. The zero-order chi connectivity index (χ0) is 12.5. The van der Waals surface area contributed by atoms with Crippen molar-refractivity contribution < 1.29 is 9.90 Å². The van der Waals surface area contributed by atoms with Gasteiger partial charge in [0.2, 0.25) is 0 Å². The monoisotopic (exact) mass is 289 g/mol. The van der Waals surface area contributed by atoms with Crippen LogP contribution >= 0.6 is 34.9 Å². The fourth-order valence-corrected chi connectivity index (χ4v) is 5.45. The second-order valence-corrected chi connectivity index (χ2v) is 7.79. The van der Waals surface area contributed by atoms with E-state index in [1.165, 1.54) is 5.75 Å². The van der Waals surface area contributed by atoms with Crippen LogP contribution in [0.25, 0.3) is 0 Å². The molecule has 6 heteroatoms. The van der Waals surface area contributed by atoms with Gasteiger partial charge < -0.3 is 5.11 Å². The summed E-state index contributed by atoms with van der Waals surface area (Å²) in [5.74, 6) is 2.64. The molecular weight excluding hydrogens is 274 g/mol. The Morgan fingerprint density at radius 3 is 2.88 bits per heavy atom. The normalized spacial score (nSPS) is 21.4. The van der Waals surface area contributed by atoms with Gasteiger partial charge >= 0.3 is 5.97 Å². The van der Waals surface area contributed by atoms with Gasteiger partial charge in [-0.25, -0.2) is 4.98 Å². The Labute approximate surface area is 113 Å². The highest BCUT2D eigenvalue weighted by Crippen LogP contribution is 2.39. The highest BCUT2D eigenvalue weighted by Gasteiger charge is 2.33. The van der Waals surface area contributed by atoms with Crippen molar-refractivity contribution in [3.8, 4) is 0 Å². The zero-order valence-electron chi connectivity index (χ0n) is 9.80. The Kier molecular flexibility index (Phi) is 4.05. The number of hydrogen-bond donors (Lipinski definition) is 1. The third kappa shape index (κ3) is 2.80. The molecular formula is C11H15NO2S3. The number of aliphatic carboxylic acids is 1. The molecule has 2 heterocycles. The van der Waals surface area contributed by atoms with Gasteiger partial charge in [-0.2, -0.15) is 11.8 Å². The highest BCUT2D eigenvalue weighted by molar-refractivity contribution is 8.06. The molecule has 2 rings (SSSR count). The van der Waals surface area contributed by atoms with Gasteiger partial charge in [-0.05, 0) is 13.8 Å². The molecule has 1 saturated heterocycles. The Bertz CT molecular complexity index is 411. The average Bonchev–Trinajstić information content (AvgIpc) is 2.80. The van der Waals surface area contributed by atoms with E-state index in [0.717, 1.165) is 16.5 Å². The van der Waals surface area contributed by atoms with Crippen molar-refractivity contribution in [1.82, 2.24) is 4.98 Å². The highest BCUT2D eigenvalue weighted by atomic mass is 32.2. The van der Waals surface area contributed by atoms with Crippen LogP contribution in [0.5, 0.6) is 0 Å². The molecule has 1 aliphatic rings. The molecule has 1 fully saturated rings. The second-order valence-electron chi connectivity index (χ2n) is 4.44. The maximum Gasteiger partial charge on any atom is 0.315 e. The number of aromatic nitrogens is 1. The Balaban J connectivity index is 2.17. The van der Waals surface area contributed by atoms with Gasteiger partial charge in [0.05, 0.1) is 10.9 Å². The summed E-state index contributed by atoms with van der Waals surface area (Å²) >= 11 is 5.47. The summed E-state index contributed by atoms with van der Waals surface area (Å²) < 4.78 is 0. The Hall–Kier alpha value is -0.200. The van der Waals surface area contributed by atoms with Crippen LogP contribution in [-0.2, 0) is 10.2 Å². The van der Waals surface area contributed by atoms with E-state index < -0.39 is 11.4 Å². The van der Waals surface area contributed by atoms with Crippen molar-refractivity contribution in [2.75, 3.05) is 17.3 Å². The van der Waals surface area contributed by atoms with Crippen LogP contribution in [-0.4, -0.2) is 33.3 Å². The number of nitrogens with zero attached hydrogens (tertiary/aromatic N) is 1. The van der Waals surface area contributed by atoms with Crippen molar-refractivity contribution in [3.63, 3.8) is 0 Å². The SMILES string of the molecule is CC(C)(C(=O)O)c1csc(C2CSCCS2)n1. The van der Waals surface area contributed by atoms with Crippen molar-refractivity contribution >= 4 is 40.8 Å². The molecule has 1 N–H and O–H groups in total. The van der Waals surface area contributed by atoms with Gasteiger partial charge in [-0.3, -0.25) is 4.79 Å². The van der Waals surface area contributed by atoms with Crippen LogP contribution in [0.15, 0.2) is 5.38 Å². The fraction of sp³-hybridized carbons (Fsp3) is 0.636. The third-order valence-corrected chi connectivity index (χ3v) is 6.66. The van der Waals surface area contributed by atoms with E-state index in [1.54, 1.807) is 25.2 Å². The first-order chi connectivity index (χ1) is 8.01. The van der Waals surface area contributed by atoms with E-state index in [9.17, 15) is 4.79 Å². The topological polar surface area (TPSA) is 50.2 Å². The lowest BCUT2D eigenvalue weighted by molar-refractivity contribution is -0.142. The van der Waals surface area contributed by atoms with Gasteiger partial charge in [0.15, 0.2) is 0 Å². The first-order valence-electron chi connectivity index (χ1n) is 5.40. The molecule has 0 saturated carbocycles. The van der Waals surface area contributed by atoms with Crippen LogP contribution in [0.2, 0.25) is 0 Å². The smallest absolute Gasteiger partial charge is 0.315 e. The quantitative estimate of drug-likeness (QED) is 0.927. The minimum absolute atomic E-state index is 0.442. The third-order valence-electron chi connectivity index (χ3n) is 2.79. The average molecular weight is 289 g/mol. The van der Waals surface area contributed by atoms with E-state index in [1.807, 2.05) is 28.9 Å². The minimum atomic E-state index is -0.888. The van der Waals surface area contributed by atoms with Crippen LogP contribution in [0.4, 0.5) is 0 Å². The Morgan fingerprint density at radius 2 is 2.29 bits per heavy atom. The lowest BCUT2D eigenvalue weighted by Crippen LogP contribution is -2.29. The molecule has 0 spiro atoms. The first-order valence-corrected chi connectivity index (χ1v) is 8.49. The summed E-state index contributed by atoms with van der Waals surface area (Å²) in [7, 11) is 0. The van der Waals surface area contributed by atoms with E-state index >= 15 is 0 Å². The molecule has 1 unspecified atom stereocenters. The molecule has 0 aromatic carbocycles. The van der Waals surface area contributed by atoms with Crippen molar-refractivity contribution in [1.29, 1.82) is 0 Å². The summed E-state index contributed by atoms with van der Waals surface area (Å²) in [6, 6.07) is 0. The summed E-state index contributed by atoms with van der Waals surface area (Å²) in [5.41, 5.74) is -0.206. The minimum Gasteiger partial charge on any atom is -0.481 e. The summed E-state index contributed by atoms with van der Waals surface area (Å²) in [6.07, 6.45) is 0. The molecule has 0 aliphatic carbocycles. The summed E-state index contributed by atoms with van der Waals surface area (Å²) in [6.45, 7) is 3.41. The molecule has 0 bridgehead atoms. The zero-order valence-corrected chi connectivity index (χ0v) is 12.3. The van der Waals surface area contributed by atoms with Crippen LogP contribution in [0.3, 0.4) is 0 Å². The van der Waals surface area contributed by atoms with Crippen molar-refractivity contribution in [2.45, 2.75) is 24.5 Å². The number of thioether (sulfide) groups is 2. The molecule has 0 amide bonds. The number of thiazole rings is 1. The number of carbonyl (C=O) groups is 1. The molecule has 94 valence electrons. The second kappa shape index (κ2) is 5.20.